The first-order valence-corrected chi connectivity index (χ1v) is 15.3. The molecular weight excluding hydrogens is 546 g/mol. The number of aryl methyl sites for hydroxylation is 2. The number of thioether (sulfide) groups is 1. The summed E-state index contributed by atoms with van der Waals surface area (Å²) in [5.74, 6) is 1.28. The summed E-state index contributed by atoms with van der Waals surface area (Å²) >= 11 is 1.04. The van der Waals surface area contributed by atoms with Crippen molar-refractivity contribution in [2.45, 2.75) is 51.2 Å². The number of hydrogen-bond donors (Lipinski definition) is 1. The van der Waals surface area contributed by atoms with E-state index in [0.29, 0.717) is 26.1 Å². The number of benzene rings is 2. The summed E-state index contributed by atoms with van der Waals surface area (Å²) in [6, 6.07) is 22.2. The number of pyridine rings is 2. The predicted octanol–water partition coefficient (Wildman–Crippen LogP) is 6.41. The van der Waals surface area contributed by atoms with Crippen LogP contribution in [0.2, 0.25) is 0 Å². The van der Waals surface area contributed by atoms with Gasteiger partial charge in [-0.05, 0) is 77.9 Å². The second kappa shape index (κ2) is 14.1. The lowest BCUT2D eigenvalue weighted by atomic mass is 9.99. The van der Waals surface area contributed by atoms with E-state index in [9.17, 15) is 9.59 Å². The quantitative estimate of drug-likeness (QED) is 0.195. The number of nitrogens with one attached hydrogen (secondary N) is 1. The highest BCUT2D eigenvalue weighted by atomic mass is 32.2. The Morgan fingerprint density at radius 1 is 0.762 bits per heavy atom. The molecular formula is C34H35N3O4S. The van der Waals surface area contributed by atoms with Gasteiger partial charge >= 0.3 is 0 Å². The van der Waals surface area contributed by atoms with Crippen LogP contribution in [0.25, 0.3) is 11.1 Å². The normalized spacial score (nSPS) is 14.6. The van der Waals surface area contributed by atoms with Crippen molar-refractivity contribution >= 4 is 22.9 Å². The zero-order chi connectivity index (χ0) is 29.3. The number of nitrogens with zero attached hydrogens (tertiary/aromatic N) is 2. The van der Waals surface area contributed by atoms with Crippen LogP contribution >= 0.6 is 11.8 Å². The molecule has 2 amide bonds. The van der Waals surface area contributed by atoms with Crippen LogP contribution in [0, 0.1) is 0 Å². The summed E-state index contributed by atoms with van der Waals surface area (Å²) in [5, 5.41) is 1.64. The lowest BCUT2D eigenvalue weighted by Crippen LogP contribution is -2.25. The Labute approximate surface area is 251 Å². The highest BCUT2D eigenvalue weighted by Gasteiger charge is 2.31. The maximum atomic E-state index is 12.2. The summed E-state index contributed by atoms with van der Waals surface area (Å²) in [6.07, 6.45) is 7.66. The Kier molecular flexibility index (Phi) is 9.87. The first-order valence-electron chi connectivity index (χ1n) is 14.4. The molecule has 2 aromatic heterocycles. The van der Waals surface area contributed by atoms with Gasteiger partial charge in [-0.15, -0.1) is 0 Å². The average molecular weight is 582 g/mol. The van der Waals surface area contributed by atoms with Crippen molar-refractivity contribution in [2.75, 3.05) is 13.2 Å². The molecule has 5 rings (SSSR count). The third-order valence-electron chi connectivity index (χ3n) is 7.23. The summed E-state index contributed by atoms with van der Waals surface area (Å²) < 4.78 is 12.3. The fourth-order valence-corrected chi connectivity index (χ4v) is 5.55. The number of rotatable bonds is 13. The van der Waals surface area contributed by atoms with Crippen molar-refractivity contribution in [3.8, 4) is 22.6 Å². The van der Waals surface area contributed by atoms with Crippen LogP contribution in [-0.2, 0) is 36.9 Å². The number of carbonyl (C=O) groups excluding carboxylic acids is 2. The summed E-state index contributed by atoms with van der Waals surface area (Å²) in [6.45, 7) is 5.25. The Morgan fingerprint density at radius 3 is 1.93 bits per heavy atom. The first-order chi connectivity index (χ1) is 20.5. The molecule has 1 atom stereocenters. The number of ether oxygens (including phenoxy) is 2. The van der Waals surface area contributed by atoms with Gasteiger partial charge in [0.1, 0.15) is 11.5 Å². The van der Waals surface area contributed by atoms with Gasteiger partial charge in [0, 0.05) is 42.2 Å². The molecule has 8 heteroatoms. The molecule has 42 heavy (non-hydrogen) atoms. The third kappa shape index (κ3) is 7.76. The van der Waals surface area contributed by atoms with Crippen LogP contribution in [0.15, 0.2) is 79.1 Å². The van der Waals surface area contributed by atoms with Crippen LogP contribution in [-0.4, -0.2) is 39.6 Å². The molecule has 7 nitrogen and oxygen atoms in total. The molecule has 2 aromatic carbocycles. The SMILES string of the molecule is CCc1ccc(CCOc2ccc(-c3cc(C[C@H]4SC(=O)NC4=O)ccc3OCCc3ccc(CC)cn3)cc2)nc1. The molecule has 1 aliphatic rings. The fourth-order valence-electron chi connectivity index (χ4n) is 4.69. The van der Waals surface area contributed by atoms with E-state index < -0.39 is 5.25 Å². The van der Waals surface area contributed by atoms with Crippen molar-refractivity contribution in [3.63, 3.8) is 0 Å². The van der Waals surface area contributed by atoms with Gasteiger partial charge in [0.15, 0.2) is 0 Å². The standard InChI is InChI=1S/C34H35N3O4S/c1-3-23-5-10-27(35-21-23)15-17-40-29-12-8-26(9-13-29)30-19-25(20-32-33(38)37-34(39)42-32)7-14-31(30)41-18-16-28-11-6-24(4-2)22-36-28/h5-14,19,21-22,32H,3-4,15-18,20H2,1-2H3,(H,37,38,39)/t32-/m1/s1. The van der Waals surface area contributed by atoms with Crippen LogP contribution in [0.4, 0.5) is 4.79 Å². The second-order valence-electron chi connectivity index (χ2n) is 10.2. The Morgan fingerprint density at radius 2 is 1.38 bits per heavy atom. The molecule has 0 radical (unpaired) electrons. The monoisotopic (exact) mass is 581 g/mol. The molecule has 216 valence electrons. The van der Waals surface area contributed by atoms with E-state index in [4.69, 9.17) is 9.47 Å². The van der Waals surface area contributed by atoms with Gasteiger partial charge in [-0.2, -0.15) is 0 Å². The number of carbonyl (C=O) groups is 2. The van der Waals surface area contributed by atoms with Crippen molar-refractivity contribution in [1.82, 2.24) is 15.3 Å². The van der Waals surface area contributed by atoms with E-state index in [1.54, 1.807) is 0 Å². The lowest BCUT2D eigenvalue weighted by molar-refractivity contribution is -0.118. The average Bonchev–Trinajstić information content (AvgIpc) is 3.34. The minimum absolute atomic E-state index is 0.244. The summed E-state index contributed by atoms with van der Waals surface area (Å²) in [4.78, 5) is 32.9. The molecule has 1 saturated heterocycles. The third-order valence-corrected chi connectivity index (χ3v) is 8.21. The smallest absolute Gasteiger partial charge is 0.286 e. The van der Waals surface area contributed by atoms with E-state index in [-0.39, 0.29) is 11.1 Å². The minimum atomic E-state index is -0.433. The van der Waals surface area contributed by atoms with Gasteiger partial charge in [-0.25, -0.2) is 0 Å². The highest BCUT2D eigenvalue weighted by molar-refractivity contribution is 8.15. The first kappa shape index (κ1) is 29.3. The van der Waals surface area contributed by atoms with Crippen LogP contribution in [0.1, 0.15) is 41.9 Å². The van der Waals surface area contributed by atoms with Crippen LogP contribution in [0.3, 0.4) is 0 Å². The fraction of sp³-hybridized carbons (Fsp3) is 0.294. The molecule has 3 heterocycles. The topological polar surface area (TPSA) is 90.4 Å². The molecule has 1 fully saturated rings. The van der Waals surface area contributed by atoms with Crippen LogP contribution in [0.5, 0.6) is 11.5 Å². The molecule has 1 aliphatic heterocycles. The molecule has 0 aliphatic carbocycles. The Hall–Kier alpha value is -4.17. The van der Waals surface area contributed by atoms with Gasteiger partial charge in [-0.3, -0.25) is 24.9 Å². The van der Waals surface area contributed by atoms with E-state index in [1.807, 2.05) is 60.9 Å². The molecule has 0 saturated carbocycles. The zero-order valence-corrected chi connectivity index (χ0v) is 24.8. The van der Waals surface area contributed by atoms with E-state index >= 15 is 0 Å². The van der Waals surface area contributed by atoms with E-state index in [1.165, 1.54) is 11.1 Å². The Balaban J connectivity index is 1.28. The zero-order valence-electron chi connectivity index (χ0n) is 24.0. The summed E-state index contributed by atoms with van der Waals surface area (Å²) in [7, 11) is 0. The van der Waals surface area contributed by atoms with Crippen molar-refractivity contribution in [1.29, 1.82) is 0 Å². The second-order valence-corrected chi connectivity index (χ2v) is 11.3. The molecule has 1 N–H and O–H groups in total. The molecule has 4 aromatic rings. The lowest BCUT2D eigenvalue weighted by Gasteiger charge is -2.15. The maximum absolute atomic E-state index is 12.2. The number of amides is 2. The number of aromatic nitrogens is 2. The van der Waals surface area contributed by atoms with Gasteiger partial charge in [0.05, 0.1) is 18.5 Å². The summed E-state index contributed by atoms with van der Waals surface area (Å²) in [5.41, 5.74) is 7.28. The minimum Gasteiger partial charge on any atom is -0.493 e. The number of hydrogen-bond acceptors (Lipinski definition) is 7. The molecule has 0 unspecified atom stereocenters. The van der Waals surface area contributed by atoms with E-state index in [2.05, 4.69) is 47.3 Å². The largest absolute Gasteiger partial charge is 0.493 e. The van der Waals surface area contributed by atoms with Gasteiger partial charge in [0.25, 0.3) is 5.24 Å². The molecule has 0 spiro atoms. The van der Waals surface area contributed by atoms with Crippen LogP contribution < -0.4 is 14.8 Å². The van der Waals surface area contributed by atoms with Gasteiger partial charge < -0.3 is 9.47 Å². The van der Waals surface area contributed by atoms with Gasteiger partial charge in [-0.1, -0.05) is 55.9 Å². The van der Waals surface area contributed by atoms with Crippen molar-refractivity contribution in [2.24, 2.45) is 0 Å². The highest BCUT2D eigenvalue weighted by Crippen LogP contribution is 2.34. The maximum Gasteiger partial charge on any atom is 0.286 e. The van der Waals surface area contributed by atoms with Crippen molar-refractivity contribution < 1.29 is 19.1 Å². The molecule has 0 bridgehead atoms. The van der Waals surface area contributed by atoms with Crippen molar-refractivity contribution in [3.05, 3.63) is 107 Å². The predicted molar refractivity (Wildman–Crippen MR) is 166 cm³/mol. The van der Waals surface area contributed by atoms with Gasteiger partial charge in [0.2, 0.25) is 5.91 Å². The Bertz CT molecular complexity index is 1510. The van der Waals surface area contributed by atoms with E-state index in [0.717, 1.165) is 70.6 Å². The number of imide groups is 1.